The van der Waals surface area contributed by atoms with Gasteiger partial charge in [-0.2, -0.15) is 0 Å². The molecule has 0 aromatic heterocycles. The maximum absolute atomic E-state index is 11.4. The fourth-order valence-electron chi connectivity index (χ4n) is 2.01. The van der Waals surface area contributed by atoms with E-state index in [1.54, 1.807) is 18.2 Å². The summed E-state index contributed by atoms with van der Waals surface area (Å²) in [7, 11) is 0. The first kappa shape index (κ1) is 16.0. The maximum Gasteiger partial charge on any atom is 0.310 e. The molecule has 0 unspecified atom stereocenters. The molecule has 5 heteroatoms. The van der Waals surface area contributed by atoms with Gasteiger partial charge in [-0.25, -0.2) is 0 Å². The predicted molar refractivity (Wildman–Crippen MR) is 78.2 cm³/mol. The molecule has 0 aliphatic carbocycles. The summed E-state index contributed by atoms with van der Waals surface area (Å²) in [4.78, 5) is 11.4. The molecule has 0 aliphatic rings. The van der Waals surface area contributed by atoms with Crippen LogP contribution >= 0.6 is 15.9 Å². The number of aromatic hydroxyl groups is 1. The predicted octanol–water partition coefficient (Wildman–Crippen LogP) is 3.14. The third kappa shape index (κ3) is 3.94. The van der Waals surface area contributed by atoms with Gasteiger partial charge >= 0.3 is 5.97 Å². The minimum atomic E-state index is -0.764. The van der Waals surface area contributed by atoms with Crippen molar-refractivity contribution in [1.29, 1.82) is 0 Å². The number of benzene rings is 1. The summed E-state index contributed by atoms with van der Waals surface area (Å²) in [6, 6.07) is 5.04. The third-order valence-corrected chi connectivity index (χ3v) is 4.39. The van der Waals surface area contributed by atoms with E-state index in [9.17, 15) is 15.0 Å². The van der Waals surface area contributed by atoms with Crippen LogP contribution in [0.2, 0.25) is 0 Å². The minimum absolute atomic E-state index is 0.204. The van der Waals surface area contributed by atoms with Gasteiger partial charge in [0.15, 0.2) is 0 Å². The van der Waals surface area contributed by atoms with Crippen molar-refractivity contribution < 1.29 is 15.0 Å². The third-order valence-electron chi connectivity index (χ3n) is 3.62. The molecule has 0 saturated carbocycles. The second kappa shape index (κ2) is 6.91. The van der Waals surface area contributed by atoms with E-state index in [4.69, 9.17) is 0 Å². The molecule has 0 saturated heterocycles. The summed E-state index contributed by atoms with van der Waals surface area (Å²) in [5, 5.41) is 21.9. The van der Waals surface area contributed by atoms with Crippen molar-refractivity contribution >= 4 is 21.9 Å². The van der Waals surface area contributed by atoms with Crippen LogP contribution < -0.4 is 5.32 Å². The topological polar surface area (TPSA) is 69.6 Å². The highest BCUT2D eigenvalue weighted by molar-refractivity contribution is 9.10. The number of nitrogens with one attached hydrogen (secondary N) is 1. The van der Waals surface area contributed by atoms with Gasteiger partial charge in [0.25, 0.3) is 0 Å². The van der Waals surface area contributed by atoms with Gasteiger partial charge in [-0.15, -0.1) is 0 Å². The van der Waals surface area contributed by atoms with Crippen LogP contribution in [0.1, 0.15) is 32.3 Å². The number of rotatable bonds is 7. The number of aliphatic carboxylic acids is 1. The van der Waals surface area contributed by atoms with Gasteiger partial charge in [-0.1, -0.05) is 29.8 Å². The molecular formula is C14H20BrNO3. The van der Waals surface area contributed by atoms with Crippen molar-refractivity contribution in [2.75, 3.05) is 6.54 Å². The number of hydrogen-bond acceptors (Lipinski definition) is 3. The standard InChI is InChI=1S/C14H20BrNO3/c1-3-14(4-2,13(18)19)9-16-8-10-7-11(17)5-6-12(10)15/h5-7,16-17H,3-4,8-9H2,1-2H3,(H,18,19). The van der Waals surface area contributed by atoms with Crippen molar-refractivity contribution in [1.82, 2.24) is 5.32 Å². The zero-order valence-electron chi connectivity index (χ0n) is 11.2. The molecule has 19 heavy (non-hydrogen) atoms. The molecule has 0 spiro atoms. The Bertz CT molecular complexity index is 444. The number of halogens is 1. The number of carboxylic acid groups (broad SMARTS) is 1. The smallest absolute Gasteiger partial charge is 0.310 e. The average Bonchev–Trinajstić information content (AvgIpc) is 2.38. The molecule has 0 heterocycles. The lowest BCUT2D eigenvalue weighted by atomic mass is 9.82. The van der Waals surface area contributed by atoms with E-state index in [0.29, 0.717) is 25.9 Å². The van der Waals surface area contributed by atoms with Crippen LogP contribution in [0.25, 0.3) is 0 Å². The summed E-state index contributed by atoms with van der Waals surface area (Å²) in [6.07, 6.45) is 1.18. The van der Waals surface area contributed by atoms with E-state index < -0.39 is 11.4 Å². The van der Waals surface area contributed by atoms with Crippen molar-refractivity contribution in [3.05, 3.63) is 28.2 Å². The number of phenols is 1. The Kier molecular flexibility index (Phi) is 5.82. The molecule has 1 aromatic rings. The Morgan fingerprint density at radius 2 is 2.00 bits per heavy atom. The quantitative estimate of drug-likeness (QED) is 0.718. The second-order valence-corrected chi connectivity index (χ2v) is 5.53. The molecule has 0 radical (unpaired) electrons. The van der Waals surface area contributed by atoms with Gasteiger partial charge < -0.3 is 15.5 Å². The van der Waals surface area contributed by atoms with Crippen LogP contribution in [0.3, 0.4) is 0 Å². The molecule has 4 nitrogen and oxygen atoms in total. The van der Waals surface area contributed by atoms with E-state index in [-0.39, 0.29) is 5.75 Å². The van der Waals surface area contributed by atoms with Crippen LogP contribution in [0, 0.1) is 5.41 Å². The van der Waals surface area contributed by atoms with Gasteiger partial charge in [-0.05, 0) is 36.6 Å². The van der Waals surface area contributed by atoms with E-state index in [1.165, 1.54) is 0 Å². The van der Waals surface area contributed by atoms with Crippen molar-refractivity contribution in [2.24, 2.45) is 5.41 Å². The Morgan fingerprint density at radius 3 is 2.53 bits per heavy atom. The van der Waals surface area contributed by atoms with E-state index in [0.717, 1.165) is 10.0 Å². The van der Waals surface area contributed by atoms with Gasteiger partial charge in [0.2, 0.25) is 0 Å². The first-order valence-electron chi connectivity index (χ1n) is 6.36. The normalized spacial score (nSPS) is 11.5. The first-order valence-corrected chi connectivity index (χ1v) is 7.16. The molecule has 3 N–H and O–H groups in total. The highest BCUT2D eigenvalue weighted by Crippen LogP contribution is 2.26. The van der Waals surface area contributed by atoms with Crippen LogP contribution in [0.5, 0.6) is 5.75 Å². The van der Waals surface area contributed by atoms with Gasteiger partial charge in [-0.3, -0.25) is 4.79 Å². The molecule has 0 fully saturated rings. The summed E-state index contributed by atoms with van der Waals surface area (Å²) in [6.45, 7) is 4.72. The van der Waals surface area contributed by atoms with Crippen LogP contribution in [0.4, 0.5) is 0 Å². The van der Waals surface area contributed by atoms with Crippen LogP contribution in [-0.2, 0) is 11.3 Å². The minimum Gasteiger partial charge on any atom is -0.508 e. The molecule has 0 amide bonds. The zero-order chi connectivity index (χ0) is 14.5. The summed E-state index contributed by atoms with van der Waals surface area (Å²) >= 11 is 3.41. The van der Waals surface area contributed by atoms with Crippen LogP contribution in [0.15, 0.2) is 22.7 Å². The van der Waals surface area contributed by atoms with E-state index in [1.807, 2.05) is 13.8 Å². The lowest BCUT2D eigenvalue weighted by molar-refractivity contribution is -0.149. The fraction of sp³-hybridized carbons (Fsp3) is 0.500. The highest BCUT2D eigenvalue weighted by Gasteiger charge is 2.34. The largest absolute Gasteiger partial charge is 0.508 e. The lowest BCUT2D eigenvalue weighted by Gasteiger charge is -2.27. The molecule has 0 aliphatic heterocycles. The van der Waals surface area contributed by atoms with Crippen LogP contribution in [-0.4, -0.2) is 22.7 Å². The molecule has 1 rings (SSSR count). The average molecular weight is 330 g/mol. The molecule has 106 valence electrons. The Morgan fingerprint density at radius 1 is 1.37 bits per heavy atom. The lowest BCUT2D eigenvalue weighted by Crippen LogP contribution is -2.40. The molecular weight excluding hydrogens is 310 g/mol. The SMILES string of the molecule is CCC(CC)(CNCc1cc(O)ccc1Br)C(=O)O. The fourth-order valence-corrected chi connectivity index (χ4v) is 2.40. The summed E-state index contributed by atoms with van der Waals surface area (Å²) < 4.78 is 0.895. The second-order valence-electron chi connectivity index (χ2n) is 4.67. The molecule has 0 atom stereocenters. The number of carbonyl (C=O) groups is 1. The van der Waals surface area contributed by atoms with Gasteiger partial charge in [0.1, 0.15) is 5.75 Å². The Balaban J connectivity index is 2.67. The number of carboxylic acids is 1. The number of phenolic OH excluding ortho intramolecular Hbond substituents is 1. The van der Waals surface area contributed by atoms with Crippen molar-refractivity contribution in [3.63, 3.8) is 0 Å². The summed E-state index contributed by atoms with van der Waals surface area (Å²) in [5.41, 5.74) is 0.190. The van der Waals surface area contributed by atoms with E-state index in [2.05, 4.69) is 21.2 Å². The summed E-state index contributed by atoms with van der Waals surface area (Å²) in [5.74, 6) is -0.560. The first-order chi connectivity index (χ1) is 8.95. The zero-order valence-corrected chi connectivity index (χ0v) is 12.8. The maximum atomic E-state index is 11.4. The van der Waals surface area contributed by atoms with Crippen molar-refractivity contribution in [2.45, 2.75) is 33.2 Å². The van der Waals surface area contributed by atoms with Gasteiger partial charge in [0, 0.05) is 17.6 Å². The molecule has 1 aromatic carbocycles. The Labute approximate surface area is 122 Å². The molecule has 0 bridgehead atoms. The Hall–Kier alpha value is -1.07. The monoisotopic (exact) mass is 329 g/mol. The number of hydrogen-bond donors (Lipinski definition) is 3. The van der Waals surface area contributed by atoms with E-state index >= 15 is 0 Å². The highest BCUT2D eigenvalue weighted by atomic mass is 79.9. The van der Waals surface area contributed by atoms with Gasteiger partial charge in [0.05, 0.1) is 5.41 Å². The van der Waals surface area contributed by atoms with Crippen molar-refractivity contribution in [3.8, 4) is 5.75 Å².